The Labute approximate surface area is 189 Å². The van der Waals surface area contributed by atoms with Crippen LogP contribution in [0.25, 0.3) is 10.8 Å². The second-order valence-electron chi connectivity index (χ2n) is 8.06. The van der Waals surface area contributed by atoms with Gasteiger partial charge in [0.1, 0.15) is 5.75 Å². The maximum absolute atomic E-state index is 11.6. The summed E-state index contributed by atoms with van der Waals surface area (Å²) in [6.45, 7) is 0. The topological polar surface area (TPSA) is 35.5 Å². The minimum Gasteiger partial charge on any atom is -0.497 e. The molecular formula is C29H28O3. The molecule has 0 spiro atoms. The molecule has 0 N–H and O–H groups in total. The van der Waals surface area contributed by atoms with E-state index in [0.717, 1.165) is 31.4 Å². The van der Waals surface area contributed by atoms with Gasteiger partial charge in [0, 0.05) is 0 Å². The first kappa shape index (κ1) is 21.6. The minimum absolute atomic E-state index is 0.305. The summed E-state index contributed by atoms with van der Waals surface area (Å²) in [5.74, 6) is 0.595. The van der Waals surface area contributed by atoms with Crippen LogP contribution in [0, 0.1) is 0 Å². The van der Waals surface area contributed by atoms with Crippen LogP contribution in [0.3, 0.4) is 0 Å². The molecule has 0 bridgehead atoms. The molecule has 0 unspecified atom stereocenters. The summed E-state index contributed by atoms with van der Waals surface area (Å²) in [5.41, 5.74) is 5.66. The van der Waals surface area contributed by atoms with Gasteiger partial charge in [0.25, 0.3) is 0 Å². The molecule has 0 aliphatic carbocycles. The van der Waals surface area contributed by atoms with Crippen LogP contribution >= 0.6 is 0 Å². The third-order valence-corrected chi connectivity index (χ3v) is 5.86. The summed E-state index contributed by atoms with van der Waals surface area (Å²) in [5, 5.41) is 2.56. The first-order chi connectivity index (χ1) is 15.6. The first-order valence-corrected chi connectivity index (χ1v) is 11.0. The lowest BCUT2D eigenvalue weighted by Gasteiger charge is -2.10. The molecule has 3 nitrogen and oxygen atoms in total. The Kier molecular flexibility index (Phi) is 6.86. The lowest BCUT2D eigenvalue weighted by Crippen LogP contribution is -2.01. The lowest BCUT2D eigenvalue weighted by molar-refractivity contribution is 0.0600. The second-order valence-corrected chi connectivity index (χ2v) is 8.06. The second kappa shape index (κ2) is 10.1. The SMILES string of the molecule is COC(=O)c1ccc(CCc2cc(CCc3ccc4ccccc4c3)cc(OC)c2)cc1. The van der Waals surface area contributed by atoms with Gasteiger partial charge in [0.2, 0.25) is 0 Å². The highest BCUT2D eigenvalue weighted by Gasteiger charge is 2.07. The molecule has 0 heterocycles. The Morgan fingerprint density at radius 3 is 1.88 bits per heavy atom. The van der Waals surface area contributed by atoms with Crippen LogP contribution in [0.4, 0.5) is 0 Å². The van der Waals surface area contributed by atoms with Crippen molar-refractivity contribution in [1.82, 2.24) is 0 Å². The van der Waals surface area contributed by atoms with Crippen molar-refractivity contribution in [2.75, 3.05) is 14.2 Å². The third kappa shape index (κ3) is 5.36. The van der Waals surface area contributed by atoms with E-state index in [1.807, 2.05) is 24.3 Å². The van der Waals surface area contributed by atoms with E-state index >= 15 is 0 Å². The summed E-state index contributed by atoms with van der Waals surface area (Å²) in [7, 11) is 3.12. The number of hydrogen-bond acceptors (Lipinski definition) is 3. The Hall–Kier alpha value is -3.59. The van der Waals surface area contributed by atoms with E-state index in [2.05, 4.69) is 60.7 Å². The highest BCUT2D eigenvalue weighted by molar-refractivity contribution is 5.89. The Morgan fingerprint density at radius 2 is 1.22 bits per heavy atom. The van der Waals surface area contributed by atoms with E-state index < -0.39 is 0 Å². The van der Waals surface area contributed by atoms with Crippen molar-refractivity contribution in [3.05, 3.63) is 113 Å². The van der Waals surface area contributed by atoms with Crippen molar-refractivity contribution in [1.29, 1.82) is 0 Å². The molecule has 3 heteroatoms. The van der Waals surface area contributed by atoms with Gasteiger partial charge >= 0.3 is 5.97 Å². The van der Waals surface area contributed by atoms with Crippen molar-refractivity contribution in [2.45, 2.75) is 25.7 Å². The van der Waals surface area contributed by atoms with E-state index in [1.54, 1.807) is 7.11 Å². The smallest absolute Gasteiger partial charge is 0.337 e. The zero-order valence-electron chi connectivity index (χ0n) is 18.6. The van der Waals surface area contributed by atoms with Crippen LogP contribution in [0.1, 0.15) is 32.6 Å². The maximum atomic E-state index is 11.6. The molecule has 4 aromatic rings. The number of aryl methyl sites for hydroxylation is 4. The van der Waals surface area contributed by atoms with Crippen molar-refractivity contribution < 1.29 is 14.3 Å². The average Bonchev–Trinajstić information content (AvgIpc) is 2.85. The maximum Gasteiger partial charge on any atom is 0.337 e. The fourth-order valence-corrected chi connectivity index (χ4v) is 4.03. The van der Waals surface area contributed by atoms with Crippen LogP contribution in [0.15, 0.2) is 84.9 Å². The lowest BCUT2D eigenvalue weighted by atomic mass is 9.97. The standard InChI is InChI=1S/C29H28O3/c1-31-28-19-23(9-7-21-11-15-26(16-12-21)29(30)32-2)17-24(20-28)10-8-22-13-14-25-5-3-4-6-27(25)18-22/h3-6,11-20H,7-10H2,1-2H3. The van der Waals surface area contributed by atoms with Gasteiger partial charge in [-0.05, 0) is 83.0 Å². The molecular weight excluding hydrogens is 396 g/mol. The Balaban J connectivity index is 1.43. The zero-order valence-corrected chi connectivity index (χ0v) is 18.6. The first-order valence-electron chi connectivity index (χ1n) is 11.0. The zero-order chi connectivity index (χ0) is 22.3. The fourth-order valence-electron chi connectivity index (χ4n) is 4.03. The summed E-state index contributed by atoms with van der Waals surface area (Å²) in [6, 6.07) is 29.4. The molecule has 4 aromatic carbocycles. The largest absolute Gasteiger partial charge is 0.497 e. The molecule has 4 rings (SSSR count). The van der Waals surface area contributed by atoms with Gasteiger partial charge in [-0.1, -0.05) is 60.7 Å². The highest BCUT2D eigenvalue weighted by Crippen LogP contribution is 2.22. The van der Waals surface area contributed by atoms with E-state index in [4.69, 9.17) is 9.47 Å². The number of ether oxygens (including phenoxy) is 2. The van der Waals surface area contributed by atoms with E-state index in [1.165, 1.54) is 40.1 Å². The predicted octanol–water partition coefficient (Wildman–Crippen LogP) is 6.21. The van der Waals surface area contributed by atoms with Gasteiger partial charge < -0.3 is 9.47 Å². The molecule has 32 heavy (non-hydrogen) atoms. The van der Waals surface area contributed by atoms with E-state index in [0.29, 0.717) is 5.56 Å². The number of fused-ring (bicyclic) bond motifs is 1. The molecule has 0 amide bonds. The molecule has 0 aromatic heterocycles. The molecule has 0 radical (unpaired) electrons. The van der Waals surface area contributed by atoms with Gasteiger partial charge in [-0.25, -0.2) is 4.79 Å². The van der Waals surface area contributed by atoms with Gasteiger partial charge in [-0.2, -0.15) is 0 Å². The van der Waals surface area contributed by atoms with Gasteiger partial charge in [-0.15, -0.1) is 0 Å². The molecule has 0 saturated heterocycles. The number of hydrogen-bond donors (Lipinski definition) is 0. The summed E-state index contributed by atoms with van der Waals surface area (Å²) in [6.07, 6.45) is 3.78. The van der Waals surface area contributed by atoms with E-state index in [-0.39, 0.29) is 5.97 Å². The normalized spacial score (nSPS) is 10.8. The number of methoxy groups -OCH3 is 2. The molecule has 0 saturated carbocycles. The van der Waals surface area contributed by atoms with Crippen molar-refractivity contribution in [3.8, 4) is 5.75 Å². The summed E-state index contributed by atoms with van der Waals surface area (Å²) in [4.78, 5) is 11.6. The van der Waals surface area contributed by atoms with Crippen LogP contribution < -0.4 is 4.74 Å². The van der Waals surface area contributed by atoms with Gasteiger partial charge in [0.05, 0.1) is 19.8 Å². The van der Waals surface area contributed by atoms with Gasteiger partial charge in [-0.3, -0.25) is 0 Å². The molecule has 162 valence electrons. The predicted molar refractivity (Wildman–Crippen MR) is 130 cm³/mol. The average molecular weight is 425 g/mol. The van der Waals surface area contributed by atoms with Crippen molar-refractivity contribution in [2.24, 2.45) is 0 Å². The van der Waals surface area contributed by atoms with Crippen molar-refractivity contribution in [3.63, 3.8) is 0 Å². The molecule has 0 fully saturated rings. The van der Waals surface area contributed by atoms with Crippen LogP contribution in [-0.4, -0.2) is 20.2 Å². The fraction of sp³-hybridized carbons (Fsp3) is 0.207. The number of benzene rings is 4. The van der Waals surface area contributed by atoms with E-state index in [9.17, 15) is 4.79 Å². The van der Waals surface area contributed by atoms with Crippen LogP contribution in [-0.2, 0) is 30.4 Å². The summed E-state index contributed by atoms with van der Waals surface area (Å²) >= 11 is 0. The number of esters is 1. The third-order valence-electron chi connectivity index (χ3n) is 5.86. The number of carbonyl (C=O) groups excluding carboxylic acids is 1. The molecule has 0 aliphatic rings. The molecule has 0 atom stereocenters. The Bertz CT molecular complexity index is 1210. The monoisotopic (exact) mass is 424 g/mol. The van der Waals surface area contributed by atoms with Crippen LogP contribution in [0.5, 0.6) is 5.75 Å². The van der Waals surface area contributed by atoms with Crippen molar-refractivity contribution >= 4 is 16.7 Å². The molecule has 0 aliphatic heterocycles. The number of rotatable bonds is 8. The quantitative estimate of drug-likeness (QED) is 0.316. The number of carbonyl (C=O) groups is 1. The highest BCUT2D eigenvalue weighted by atomic mass is 16.5. The van der Waals surface area contributed by atoms with Gasteiger partial charge in [0.15, 0.2) is 0 Å². The minimum atomic E-state index is -0.305. The summed E-state index contributed by atoms with van der Waals surface area (Å²) < 4.78 is 10.3. The van der Waals surface area contributed by atoms with Crippen LogP contribution in [0.2, 0.25) is 0 Å². The Morgan fingerprint density at radius 1 is 0.625 bits per heavy atom.